The van der Waals surface area contributed by atoms with Crippen LogP contribution in [0.15, 0.2) is 60.9 Å². The zero-order chi connectivity index (χ0) is 43.1. The monoisotopic (exact) mass is 845 g/mol. The number of ether oxygens (including phenoxy) is 5. The number of hydroxylamine groups is 2. The van der Waals surface area contributed by atoms with Crippen LogP contribution < -0.4 is 5.32 Å². The van der Waals surface area contributed by atoms with Gasteiger partial charge >= 0.3 is 11.9 Å². The van der Waals surface area contributed by atoms with E-state index in [2.05, 4.69) is 5.32 Å². The van der Waals surface area contributed by atoms with Crippen molar-refractivity contribution in [1.29, 1.82) is 0 Å². The molecule has 3 saturated heterocycles. The van der Waals surface area contributed by atoms with E-state index in [0.29, 0.717) is 0 Å². The summed E-state index contributed by atoms with van der Waals surface area (Å²) in [6, 6.07) is 13.8. The molecule has 8 rings (SSSR count). The third kappa shape index (κ3) is 8.82. The van der Waals surface area contributed by atoms with Crippen LogP contribution >= 0.6 is 0 Å². The molecule has 8 unspecified atom stereocenters. The lowest BCUT2D eigenvalue weighted by molar-refractivity contribution is -0.235. The first-order valence-electron chi connectivity index (χ1n) is 21.7. The quantitative estimate of drug-likeness (QED) is 0.113. The molecular formula is C46H59N3O12. The molecule has 0 radical (unpaired) electrons. The maximum atomic E-state index is 15.7. The van der Waals surface area contributed by atoms with Crippen LogP contribution in [-0.4, -0.2) is 125 Å². The van der Waals surface area contributed by atoms with Gasteiger partial charge in [0, 0.05) is 38.1 Å². The number of nitrogens with one attached hydrogen (secondary N) is 1. The van der Waals surface area contributed by atoms with Gasteiger partial charge in [-0.05, 0) is 75.6 Å². The Morgan fingerprint density at radius 3 is 2.38 bits per heavy atom. The van der Waals surface area contributed by atoms with Crippen molar-refractivity contribution < 1.29 is 57.9 Å². The summed E-state index contributed by atoms with van der Waals surface area (Å²) < 4.78 is 31.0. The average molecular weight is 846 g/mol. The lowest BCUT2D eigenvalue weighted by atomic mass is 9.62. The Morgan fingerprint density at radius 1 is 1.00 bits per heavy atom. The van der Waals surface area contributed by atoms with Crippen LogP contribution in [0.5, 0.6) is 0 Å². The second kappa shape index (κ2) is 17.4. The molecule has 330 valence electrons. The number of fused-ring (bicyclic) bond motifs is 4. The lowest BCUT2D eigenvalue weighted by Crippen LogP contribution is -2.70. The maximum Gasteiger partial charge on any atom is 0.327 e. The number of hydrogen-bond acceptors (Lipinski definition) is 13. The average Bonchev–Trinajstić information content (AvgIpc) is 4.18. The van der Waals surface area contributed by atoms with Crippen LogP contribution in [0.1, 0.15) is 82.4 Å². The summed E-state index contributed by atoms with van der Waals surface area (Å²) in [5.74, 6) is -2.49. The van der Waals surface area contributed by atoms with E-state index < -0.39 is 89.7 Å². The molecule has 2 bridgehead atoms. The fourth-order valence-corrected chi connectivity index (χ4v) is 9.77. The van der Waals surface area contributed by atoms with Crippen molar-refractivity contribution in [2.45, 2.75) is 133 Å². The van der Waals surface area contributed by atoms with Crippen molar-refractivity contribution in [2.24, 2.45) is 17.3 Å². The molecule has 61 heavy (non-hydrogen) atoms. The number of amides is 2. The minimum absolute atomic E-state index is 0.0332. The van der Waals surface area contributed by atoms with E-state index in [-0.39, 0.29) is 57.3 Å². The van der Waals surface area contributed by atoms with Gasteiger partial charge in [-0.25, -0.2) is 0 Å². The highest BCUT2D eigenvalue weighted by molar-refractivity contribution is 5.96. The summed E-state index contributed by atoms with van der Waals surface area (Å²) >= 11 is 0. The van der Waals surface area contributed by atoms with Gasteiger partial charge in [0.2, 0.25) is 11.8 Å². The summed E-state index contributed by atoms with van der Waals surface area (Å²) in [6.07, 6.45) is 4.34. The number of benzene rings is 2. The zero-order valence-corrected chi connectivity index (χ0v) is 35.4. The van der Waals surface area contributed by atoms with Crippen molar-refractivity contribution in [3.05, 3.63) is 77.5 Å². The number of carbonyl (C=O) groups is 4. The molecule has 2 amide bonds. The van der Waals surface area contributed by atoms with Gasteiger partial charge in [0.1, 0.15) is 48.1 Å². The molecule has 2 aromatic carbocycles. The molecular weight excluding hydrogens is 787 g/mol. The Kier molecular flexibility index (Phi) is 12.4. The molecule has 15 nitrogen and oxygen atoms in total. The van der Waals surface area contributed by atoms with Crippen LogP contribution in [0.25, 0.3) is 6.08 Å². The Bertz CT molecular complexity index is 1950. The summed E-state index contributed by atoms with van der Waals surface area (Å²) in [6.45, 7) is 5.04. The molecule has 2 aromatic rings. The van der Waals surface area contributed by atoms with E-state index in [1.54, 1.807) is 39.0 Å². The highest BCUT2D eigenvalue weighted by Gasteiger charge is 2.78. The van der Waals surface area contributed by atoms with Crippen LogP contribution in [-0.2, 0) is 60.7 Å². The molecule has 8 atom stereocenters. The first-order valence-corrected chi connectivity index (χ1v) is 21.7. The van der Waals surface area contributed by atoms with Crippen LogP contribution in [0.2, 0.25) is 0 Å². The smallest absolute Gasteiger partial charge is 0.327 e. The summed E-state index contributed by atoms with van der Waals surface area (Å²) in [5.41, 5.74) is 0.187. The Morgan fingerprint density at radius 2 is 1.70 bits per heavy atom. The second-order valence-electron chi connectivity index (χ2n) is 18.4. The Labute approximate surface area is 356 Å². The van der Waals surface area contributed by atoms with Gasteiger partial charge < -0.3 is 44.1 Å². The molecule has 3 heterocycles. The minimum Gasteiger partial charge on any atom is -0.499 e. The first kappa shape index (κ1) is 43.3. The molecule has 3 N–H and O–H groups in total. The minimum atomic E-state index is -1.53. The number of rotatable bonds is 18. The summed E-state index contributed by atoms with van der Waals surface area (Å²) in [7, 11) is 1.57. The van der Waals surface area contributed by atoms with E-state index in [1.807, 2.05) is 54.6 Å². The summed E-state index contributed by atoms with van der Waals surface area (Å²) in [4.78, 5) is 65.6. The maximum absolute atomic E-state index is 15.7. The number of hydrogen-bond donors (Lipinski definition) is 3. The number of carbonyl (C=O) groups excluding carboxylic acids is 4. The predicted octanol–water partition coefficient (Wildman–Crippen LogP) is 3.44. The Balaban J connectivity index is 1.12. The van der Waals surface area contributed by atoms with Gasteiger partial charge in [-0.15, -0.1) is 0 Å². The molecule has 3 aliphatic heterocycles. The number of likely N-dealkylation sites (N-methyl/N-ethyl adjacent to an activating group) is 1. The SMILES string of the molecule is CN(C(=O)C12CC3OC(=O)C1N(Cc1cccc(C=COCCO)c1)OC2C1OC(C2CC2)(C2CC2)OC31)C(Cc1ccccc1)C(=O)NC(CO)CCC(=O)OC(C)(C)C. The molecule has 0 spiro atoms. The molecule has 6 fully saturated rings. The van der Waals surface area contributed by atoms with Gasteiger partial charge in [-0.2, -0.15) is 5.06 Å². The van der Waals surface area contributed by atoms with Crippen LogP contribution in [0.4, 0.5) is 0 Å². The predicted molar refractivity (Wildman–Crippen MR) is 218 cm³/mol. The van der Waals surface area contributed by atoms with E-state index in [0.717, 1.165) is 42.4 Å². The van der Waals surface area contributed by atoms with Gasteiger partial charge in [0.05, 0.1) is 32.1 Å². The third-order valence-electron chi connectivity index (χ3n) is 12.8. The fourth-order valence-electron chi connectivity index (χ4n) is 9.77. The van der Waals surface area contributed by atoms with Gasteiger partial charge in [0.25, 0.3) is 0 Å². The third-order valence-corrected chi connectivity index (χ3v) is 12.8. The van der Waals surface area contributed by atoms with Crippen molar-refractivity contribution in [3.63, 3.8) is 0 Å². The highest BCUT2D eigenvalue weighted by Crippen LogP contribution is 2.64. The molecule has 0 aromatic heterocycles. The van der Waals surface area contributed by atoms with E-state index in [9.17, 15) is 19.5 Å². The van der Waals surface area contributed by atoms with Crippen molar-refractivity contribution in [2.75, 3.05) is 26.9 Å². The molecule has 3 aliphatic carbocycles. The standard InChI is InChI=1S/C46H59N3O12/c1-44(2,3)58-36(52)18-17-33(27-51)47-41(53)34(24-28-9-6-5-7-10-28)48(4)43(55)45-25-35-37-38(60-46(59-37,31-13-14-31)32-15-16-32)40(45)61-49(39(45)42(54)57-35)26-30-12-8-11-29(23-30)19-21-56-22-20-50/h5-12,19,21,23,31-35,37-40,50-51H,13-18,20,22,24-27H2,1-4H3,(H,47,53). The number of nitrogens with zero attached hydrogens (tertiary/aromatic N) is 2. The van der Waals surface area contributed by atoms with Crippen molar-refractivity contribution in [3.8, 4) is 0 Å². The molecule has 3 saturated carbocycles. The molecule has 6 aliphatic rings. The van der Waals surface area contributed by atoms with E-state index >= 15 is 4.79 Å². The Hall–Kier alpha value is -4.38. The van der Waals surface area contributed by atoms with Gasteiger partial charge in [-0.3, -0.25) is 24.0 Å². The topological polar surface area (TPSA) is 183 Å². The van der Waals surface area contributed by atoms with Crippen LogP contribution in [0.3, 0.4) is 0 Å². The normalized spacial score (nSPS) is 28.8. The van der Waals surface area contributed by atoms with Crippen molar-refractivity contribution in [1.82, 2.24) is 15.3 Å². The lowest BCUT2D eigenvalue weighted by Gasteiger charge is -2.50. The van der Waals surface area contributed by atoms with Crippen LogP contribution in [0, 0.1) is 17.3 Å². The first-order chi connectivity index (χ1) is 29.3. The van der Waals surface area contributed by atoms with Gasteiger partial charge in [-0.1, -0.05) is 54.6 Å². The number of aliphatic hydroxyl groups is 2. The highest BCUT2D eigenvalue weighted by atomic mass is 16.8. The zero-order valence-electron chi connectivity index (χ0n) is 35.4. The second-order valence-corrected chi connectivity index (χ2v) is 18.4. The molecule has 15 heteroatoms. The summed E-state index contributed by atoms with van der Waals surface area (Å²) in [5, 5.41) is 23.9. The fraction of sp³-hybridized carbons (Fsp3) is 0.609. The van der Waals surface area contributed by atoms with Crippen molar-refractivity contribution >= 4 is 29.8 Å². The number of aliphatic hydroxyl groups excluding tert-OH is 2. The van der Waals surface area contributed by atoms with E-state index in [1.165, 1.54) is 11.2 Å². The largest absolute Gasteiger partial charge is 0.499 e. The van der Waals surface area contributed by atoms with Gasteiger partial charge in [0.15, 0.2) is 11.8 Å². The number of esters is 2. The van der Waals surface area contributed by atoms with E-state index in [4.69, 9.17) is 33.6 Å².